The second kappa shape index (κ2) is 12.8. The lowest BCUT2D eigenvalue weighted by atomic mass is 10.1. The molecule has 5 nitrogen and oxygen atoms in total. The van der Waals surface area contributed by atoms with E-state index in [-0.39, 0.29) is 0 Å². The molecule has 0 unspecified atom stereocenters. The van der Waals surface area contributed by atoms with Crippen LogP contribution in [0.3, 0.4) is 0 Å². The van der Waals surface area contributed by atoms with E-state index in [9.17, 15) is 0 Å². The number of H-pyrrole nitrogens is 1. The highest BCUT2D eigenvalue weighted by Gasteiger charge is 2.14. The van der Waals surface area contributed by atoms with Crippen molar-refractivity contribution in [1.82, 2.24) is 20.2 Å². The molecule has 0 saturated carbocycles. The van der Waals surface area contributed by atoms with Crippen molar-refractivity contribution in [2.45, 2.75) is 24.4 Å². The number of nitrogens with zero attached hydrogens (tertiary/aromatic N) is 2. The predicted octanol–water partition coefficient (Wildman–Crippen LogP) is 4.93. The largest absolute Gasteiger partial charge is 0.379 e. The summed E-state index contributed by atoms with van der Waals surface area (Å²) in [6.07, 6.45) is 3.68. The van der Waals surface area contributed by atoms with Gasteiger partial charge in [0.2, 0.25) is 0 Å². The molecule has 2 N–H and O–H groups in total. The van der Waals surface area contributed by atoms with Gasteiger partial charge in [-0.1, -0.05) is 78.8 Å². The Morgan fingerprint density at radius 2 is 1.59 bits per heavy atom. The number of rotatable bonds is 12. The van der Waals surface area contributed by atoms with Crippen molar-refractivity contribution in [3.05, 3.63) is 60.7 Å². The zero-order valence-corrected chi connectivity index (χ0v) is 19.6. The van der Waals surface area contributed by atoms with E-state index in [1.165, 1.54) is 24.8 Å². The van der Waals surface area contributed by atoms with E-state index >= 15 is 0 Å². The van der Waals surface area contributed by atoms with Crippen LogP contribution in [0.25, 0.3) is 22.5 Å². The van der Waals surface area contributed by atoms with Crippen LogP contribution in [0.1, 0.15) is 19.3 Å². The molecule has 0 aliphatic carbocycles. The molecule has 0 bridgehead atoms. The third kappa shape index (κ3) is 6.94. The zero-order chi connectivity index (χ0) is 21.8. The summed E-state index contributed by atoms with van der Waals surface area (Å²) in [5, 5.41) is 4.59. The van der Waals surface area contributed by atoms with E-state index < -0.39 is 0 Å². The van der Waals surface area contributed by atoms with Crippen molar-refractivity contribution in [3.8, 4) is 22.5 Å². The minimum Gasteiger partial charge on any atom is -0.379 e. The Hall–Kier alpha value is -2.12. The highest BCUT2D eigenvalue weighted by Crippen LogP contribution is 2.32. The summed E-state index contributed by atoms with van der Waals surface area (Å²) >= 11 is 1.83. The maximum Gasteiger partial charge on any atom is 0.166 e. The smallest absolute Gasteiger partial charge is 0.166 e. The first-order valence-electron chi connectivity index (χ1n) is 11.7. The highest BCUT2D eigenvalue weighted by molar-refractivity contribution is 7.99. The Morgan fingerprint density at radius 1 is 0.875 bits per heavy atom. The number of aromatic nitrogens is 2. The average molecular weight is 451 g/mol. The Morgan fingerprint density at radius 3 is 2.34 bits per heavy atom. The number of hydrogen-bond acceptors (Lipinski definition) is 5. The van der Waals surface area contributed by atoms with Crippen LogP contribution in [0.4, 0.5) is 0 Å². The molecule has 1 aromatic heterocycles. The molecule has 2 heterocycles. The molecule has 1 fully saturated rings. The maximum atomic E-state index is 5.40. The van der Waals surface area contributed by atoms with Crippen LogP contribution in [0.5, 0.6) is 0 Å². The van der Waals surface area contributed by atoms with Crippen molar-refractivity contribution in [1.29, 1.82) is 0 Å². The number of unbranched alkanes of at least 4 members (excludes halogenated alkanes) is 2. The Labute approximate surface area is 196 Å². The zero-order valence-electron chi connectivity index (χ0n) is 18.8. The van der Waals surface area contributed by atoms with Crippen molar-refractivity contribution in [3.63, 3.8) is 0 Å². The molecule has 32 heavy (non-hydrogen) atoms. The molecule has 1 aliphatic heterocycles. The molecule has 1 saturated heterocycles. The van der Waals surface area contributed by atoms with E-state index in [0.717, 1.165) is 73.8 Å². The lowest BCUT2D eigenvalue weighted by Gasteiger charge is -2.26. The van der Waals surface area contributed by atoms with Gasteiger partial charge in [-0.2, -0.15) is 0 Å². The van der Waals surface area contributed by atoms with Gasteiger partial charge in [0.15, 0.2) is 5.16 Å². The monoisotopic (exact) mass is 450 g/mol. The number of morpholine rings is 1. The van der Waals surface area contributed by atoms with Crippen LogP contribution in [-0.2, 0) is 4.74 Å². The first-order valence-corrected chi connectivity index (χ1v) is 12.7. The second-order valence-electron chi connectivity index (χ2n) is 8.11. The molecule has 0 amide bonds. The summed E-state index contributed by atoms with van der Waals surface area (Å²) < 4.78 is 5.40. The predicted molar refractivity (Wildman–Crippen MR) is 134 cm³/mol. The SMILES string of the molecule is c1ccc(-c2nc(SCCCCCNCCN3CCOCC3)[nH]c2-c2ccccc2)cc1. The van der Waals surface area contributed by atoms with Gasteiger partial charge in [-0.25, -0.2) is 4.98 Å². The van der Waals surface area contributed by atoms with E-state index in [0.29, 0.717) is 0 Å². The van der Waals surface area contributed by atoms with E-state index in [4.69, 9.17) is 9.72 Å². The van der Waals surface area contributed by atoms with Crippen LogP contribution >= 0.6 is 11.8 Å². The van der Waals surface area contributed by atoms with Crippen LogP contribution in [0, 0.1) is 0 Å². The summed E-state index contributed by atoms with van der Waals surface area (Å²) in [7, 11) is 0. The van der Waals surface area contributed by atoms with Crippen molar-refractivity contribution < 1.29 is 4.74 Å². The van der Waals surface area contributed by atoms with Crippen LogP contribution in [-0.4, -0.2) is 66.6 Å². The number of ether oxygens (including phenoxy) is 1. The summed E-state index contributed by atoms with van der Waals surface area (Å²) in [6.45, 7) is 7.22. The highest BCUT2D eigenvalue weighted by atomic mass is 32.2. The Balaban J connectivity index is 1.20. The lowest BCUT2D eigenvalue weighted by Crippen LogP contribution is -2.40. The molecule has 6 heteroatoms. The van der Waals surface area contributed by atoms with Crippen LogP contribution in [0.2, 0.25) is 0 Å². The van der Waals surface area contributed by atoms with Crippen molar-refractivity contribution >= 4 is 11.8 Å². The molecule has 170 valence electrons. The Bertz CT molecular complexity index is 853. The third-order valence-corrected chi connectivity index (χ3v) is 6.70. The topological polar surface area (TPSA) is 53.2 Å². The van der Waals surface area contributed by atoms with E-state index in [1.54, 1.807) is 0 Å². The number of aromatic amines is 1. The van der Waals surface area contributed by atoms with Gasteiger partial charge in [-0.3, -0.25) is 4.90 Å². The van der Waals surface area contributed by atoms with Crippen LogP contribution < -0.4 is 5.32 Å². The van der Waals surface area contributed by atoms with Crippen molar-refractivity contribution in [2.75, 3.05) is 51.7 Å². The first-order chi connectivity index (χ1) is 15.9. The molecule has 0 radical (unpaired) electrons. The number of nitrogens with one attached hydrogen (secondary N) is 2. The Kier molecular flexibility index (Phi) is 9.22. The standard InChI is InChI=1S/C26H34N4OS/c1-4-10-22(11-5-1)24-25(23-12-6-2-7-13-23)29-26(28-24)32-21-9-3-8-14-27-15-16-30-17-19-31-20-18-30/h1-2,4-7,10-13,27H,3,8-9,14-21H2,(H,28,29). The van der Waals surface area contributed by atoms with Gasteiger partial charge < -0.3 is 15.0 Å². The summed E-state index contributed by atoms with van der Waals surface area (Å²) in [4.78, 5) is 11.0. The number of benzene rings is 2. The van der Waals surface area contributed by atoms with Gasteiger partial charge in [0.05, 0.1) is 24.6 Å². The molecule has 3 aromatic rings. The van der Waals surface area contributed by atoms with Gasteiger partial charge in [0.25, 0.3) is 0 Å². The van der Waals surface area contributed by atoms with E-state index in [2.05, 4.69) is 69.8 Å². The normalized spacial score (nSPS) is 14.6. The fourth-order valence-corrected chi connectivity index (χ4v) is 4.80. The molecule has 2 aromatic carbocycles. The molecule has 0 atom stereocenters. The third-order valence-electron chi connectivity index (χ3n) is 5.74. The summed E-state index contributed by atoms with van der Waals surface area (Å²) in [5.74, 6) is 1.09. The maximum absolute atomic E-state index is 5.40. The summed E-state index contributed by atoms with van der Waals surface area (Å²) in [6, 6.07) is 20.9. The molecular weight excluding hydrogens is 416 g/mol. The second-order valence-corrected chi connectivity index (χ2v) is 9.19. The molecule has 1 aliphatic rings. The van der Waals surface area contributed by atoms with Gasteiger partial charge in [-0.15, -0.1) is 0 Å². The van der Waals surface area contributed by atoms with Crippen molar-refractivity contribution in [2.24, 2.45) is 0 Å². The fourth-order valence-electron chi connectivity index (χ4n) is 3.92. The molecule has 4 rings (SSSR count). The average Bonchev–Trinajstić information content (AvgIpc) is 3.29. The van der Waals surface area contributed by atoms with Gasteiger partial charge in [-0.05, 0) is 19.4 Å². The van der Waals surface area contributed by atoms with Gasteiger partial charge in [0, 0.05) is 43.1 Å². The number of hydrogen-bond donors (Lipinski definition) is 2. The van der Waals surface area contributed by atoms with Crippen LogP contribution in [0.15, 0.2) is 65.8 Å². The minimum absolute atomic E-state index is 0.882. The molecular formula is C26H34N4OS. The van der Waals surface area contributed by atoms with Gasteiger partial charge in [0.1, 0.15) is 0 Å². The first kappa shape index (κ1) is 23.1. The quantitative estimate of drug-likeness (QED) is 0.303. The lowest BCUT2D eigenvalue weighted by molar-refractivity contribution is 0.0384. The summed E-state index contributed by atoms with van der Waals surface area (Å²) in [5.41, 5.74) is 4.46. The number of thioether (sulfide) groups is 1. The molecule has 0 spiro atoms. The van der Waals surface area contributed by atoms with E-state index in [1.807, 2.05) is 17.8 Å². The van der Waals surface area contributed by atoms with Gasteiger partial charge >= 0.3 is 0 Å². The minimum atomic E-state index is 0.882. The fraction of sp³-hybridized carbons (Fsp3) is 0.423. The number of imidazole rings is 1.